The van der Waals surface area contributed by atoms with Gasteiger partial charge in [0.05, 0.1) is 11.1 Å². The molecule has 0 aliphatic heterocycles. The van der Waals surface area contributed by atoms with Gasteiger partial charge in [0.1, 0.15) is 52.0 Å². The molecule has 4 aromatic rings. The Labute approximate surface area is 247 Å². The van der Waals surface area contributed by atoms with Crippen LogP contribution in [-0.4, -0.2) is 5.97 Å². The summed E-state index contributed by atoms with van der Waals surface area (Å²) in [6, 6.07) is 7.56. The number of rotatable bonds is 8. The molecular weight excluding hydrogens is 596 g/mol. The molecule has 0 heterocycles. The molecule has 0 fully saturated rings. The van der Waals surface area contributed by atoms with Gasteiger partial charge in [-0.05, 0) is 66.6 Å². The Morgan fingerprint density at radius 2 is 1.34 bits per heavy atom. The number of carbonyl (C=O) groups excluding carboxylic acids is 1. The molecule has 230 valence electrons. The van der Waals surface area contributed by atoms with Gasteiger partial charge in [0.15, 0.2) is 0 Å². The second-order valence-electron chi connectivity index (χ2n) is 10.6. The Balaban J connectivity index is 1.37. The third kappa shape index (κ3) is 6.13. The molecule has 0 spiro atoms. The van der Waals surface area contributed by atoms with E-state index in [0.717, 1.165) is 43.7 Å². The van der Waals surface area contributed by atoms with Crippen molar-refractivity contribution in [1.82, 2.24) is 0 Å². The van der Waals surface area contributed by atoms with Crippen molar-refractivity contribution in [2.45, 2.75) is 45.6 Å². The summed E-state index contributed by atoms with van der Waals surface area (Å²) >= 11 is 0. The number of fused-ring (bicyclic) bond motifs is 1. The molecule has 0 saturated heterocycles. The number of ether oxygens (including phenoxy) is 2. The number of carbonyl (C=O) groups is 1. The van der Waals surface area contributed by atoms with Crippen LogP contribution in [0.1, 0.15) is 52.4 Å². The van der Waals surface area contributed by atoms with Gasteiger partial charge in [0, 0.05) is 29.8 Å². The van der Waals surface area contributed by atoms with Crippen LogP contribution in [0.25, 0.3) is 11.1 Å². The molecule has 1 atom stereocenters. The van der Waals surface area contributed by atoms with Gasteiger partial charge in [-0.25, -0.2) is 31.1 Å². The van der Waals surface area contributed by atoms with E-state index in [-0.39, 0.29) is 17.7 Å². The molecule has 11 heteroatoms. The summed E-state index contributed by atoms with van der Waals surface area (Å²) in [5, 5.41) is 0. The number of hydrogen-bond acceptors (Lipinski definition) is 3. The van der Waals surface area contributed by atoms with Crippen LogP contribution in [0.15, 0.2) is 54.6 Å². The Hall–Kier alpha value is -4.41. The number of hydrogen-bond donors (Lipinski definition) is 0. The quantitative estimate of drug-likeness (QED) is 0.112. The average Bonchev–Trinajstić information content (AvgIpc) is 3.32. The van der Waals surface area contributed by atoms with Crippen molar-refractivity contribution in [2.24, 2.45) is 5.92 Å². The molecule has 1 aliphatic rings. The molecule has 0 radical (unpaired) electrons. The van der Waals surface area contributed by atoms with E-state index in [4.69, 9.17) is 4.74 Å². The summed E-state index contributed by atoms with van der Waals surface area (Å²) in [6.07, 6.45) is -0.999. The first kappa shape index (κ1) is 31.0. The Bertz CT molecular complexity index is 1700. The summed E-state index contributed by atoms with van der Waals surface area (Å²) in [5.41, 5.74) is -1.94. The van der Waals surface area contributed by atoms with Crippen molar-refractivity contribution >= 4 is 5.97 Å². The number of halogens is 8. The fourth-order valence-electron chi connectivity index (χ4n) is 5.37. The van der Waals surface area contributed by atoms with Crippen molar-refractivity contribution in [2.75, 3.05) is 0 Å². The molecule has 44 heavy (non-hydrogen) atoms. The maximum atomic E-state index is 15.0. The Kier molecular flexibility index (Phi) is 8.42. The lowest BCUT2D eigenvalue weighted by Crippen LogP contribution is -2.25. The maximum Gasteiger partial charge on any atom is 0.432 e. The van der Waals surface area contributed by atoms with E-state index in [1.54, 1.807) is 12.1 Å². The van der Waals surface area contributed by atoms with Gasteiger partial charge >= 0.3 is 12.1 Å². The normalized spacial score (nSPS) is 14.5. The predicted octanol–water partition coefficient (Wildman–Crippen LogP) is 9.36. The van der Waals surface area contributed by atoms with E-state index in [1.165, 1.54) is 0 Å². The highest BCUT2D eigenvalue weighted by Gasteiger charge is 2.42. The zero-order valence-corrected chi connectivity index (χ0v) is 23.4. The molecule has 0 amide bonds. The van der Waals surface area contributed by atoms with E-state index in [2.05, 4.69) is 11.7 Å². The van der Waals surface area contributed by atoms with Gasteiger partial charge in [0.25, 0.3) is 0 Å². The number of alkyl halides is 2. The van der Waals surface area contributed by atoms with Gasteiger partial charge in [-0.2, -0.15) is 8.78 Å². The largest absolute Gasteiger partial charge is 0.432 e. The van der Waals surface area contributed by atoms with E-state index in [1.807, 2.05) is 6.07 Å². The first-order valence-electron chi connectivity index (χ1n) is 13.6. The van der Waals surface area contributed by atoms with Crippen LogP contribution in [0.5, 0.6) is 11.5 Å². The SMILES string of the molecule is CCCC1Cc2ccc(C(=O)Oc3cc(F)c(-c4cc(F)c(C(F)(F)Oc5cc(F)c(C)c(F)c5)c(F)c4)c(F)c3)cc2C1. The van der Waals surface area contributed by atoms with Crippen molar-refractivity contribution < 1.29 is 49.4 Å². The summed E-state index contributed by atoms with van der Waals surface area (Å²) in [4.78, 5) is 12.7. The lowest BCUT2D eigenvalue weighted by Gasteiger charge is -2.20. The van der Waals surface area contributed by atoms with Gasteiger partial charge in [-0.3, -0.25) is 0 Å². The van der Waals surface area contributed by atoms with Crippen LogP contribution in [-0.2, 0) is 19.0 Å². The Morgan fingerprint density at radius 3 is 1.93 bits per heavy atom. The maximum absolute atomic E-state index is 15.0. The monoisotopic (exact) mass is 620 g/mol. The van der Waals surface area contributed by atoms with E-state index >= 15 is 8.78 Å². The summed E-state index contributed by atoms with van der Waals surface area (Å²) in [5.74, 6) is -11.2. The van der Waals surface area contributed by atoms with Gasteiger partial charge < -0.3 is 9.47 Å². The second kappa shape index (κ2) is 11.9. The number of esters is 1. The molecule has 4 aromatic carbocycles. The van der Waals surface area contributed by atoms with Crippen molar-refractivity contribution in [3.8, 4) is 22.6 Å². The van der Waals surface area contributed by atoms with Crippen LogP contribution in [0.4, 0.5) is 35.1 Å². The van der Waals surface area contributed by atoms with E-state index < -0.39 is 80.7 Å². The molecule has 0 bridgehead atoms. The van der Waals surface area contributed by atoms with E-state index in [0.29, 0.717) is 30.2 Å². The summed E-state index contributed by atoms with van der Waals surface area (Å²) in [6.45, 7) is 3.13. The van der Waals surface area contributed by atoms with Gasteiger partial charge in [0.2, 0.25) is 0 Å². The average molecular weight is 621 g/mol. The van der Waals surface area contributed by atoms with E-state index in [9.17, 15) is 31.1 Å². The van der Waals surface area contributed by atoms with Crippen LogP contribution in [0, 0.1) is 47.7 Å². The van der Waals surface area contributed by atoms with Crippen LogP contribution in [0.2, 0.25) is 0 Å². The van der Waals surface area contributed by atoms with Crippen molar-refractivity contribution in [3.05, 3.63) is 117 Å². The lowest BCUT2D eigenvalue weighted by molar-refractivity contribution is -0.189. The highest BCUT2D eigenvalue weighted by Crippen LogP contribution is 2.39. The van der Waals surface area contributed by atoms with Gasteiger partial charge in [-0.1, -0.05) is 25.8 Å². The molecule has 0 saturated carbocycles. The zero-order valence-electron chi connectivity index (χ0n) is 23.4. The topological polar surface area (TPSA) is 35.5 Å². The fraction of sp³-hybridized carbons (Fsp3) is 0.242. The fourth-order valence-corrected chi connectivity index (χ4v) is 5.37. The first-order chi connectivity index (χ1) is 20.8. The third-order valence-electron chi connectivity index (χ3n) is 7.50. The summed E-state index contributed by atoms with van der Waals surface area (Å²) in [7, 11) is 0. The van der Waals surface area contributed by atoms with Crippen LogP contribution < -0.4 is 9.47 Å². The number of benzene rings is 4. The molecule has 0 N–H and O–H groups in total. The van der Waals surface area contributed by atoms with Gasteiger partial charge in [-0.15, -0.1) is 0 Å². The molecule has 3 nitrogen and oxygen atoms in total. The highest BCUT2D eigenvalue weighted by atomic mass is 19.3. The smallest absolute Gasteiger partial charge is 0.429 e. The highest BCUT2D eigenvalue weighted by molar-refractivity contribution is 5.91. The first-order valence-corrected chi connectivity index (χ1v) is 13.6. The molecule has 1 aliphatic carbocycles. The third-order valence-corrected chi connectivity index (χ3v) is 7.50. The molecule has 1 unspecified atom stereocenters. The minimum atomic E-state index is -4.77. The molecule has 0 aromatic heterocycles. The summed E-state index contributed by atoms with van der Waals surface area (Å²) < 4.78 is 126. The van der Waals surface area contributed by atoms with Crippen LogP contribution >= 0.6 is 0 Å². The van der Waals surface area contributed by atoms with Crippen molar-refractivity contribution in [3.63, 3.8) is 0 Å². The molecular formula is C33H24F8O3. The zero-order chi connectivity index (χ0) is 31.9. The minimum absolute atomic E-state index is 0.171. The second-order valence-corrected chi connectivity index (χ2v) is 10.6. The molecule has 5 rings (SSSR count). The Morgan fingerprint density at radius 1 is 0.773 bits per heavy atom. The van der Waals surface area contributed by atoms with Crippen LogP contribution in [0.3, 0.4) is 0 Å². The van der Waals surface area contributed by atoms with Crippen molar-refractivity contribution in [1.29, 1.82) is 0 Å². The lowest BCUT2D eigenvalue weighted by atomic mass is 10.0. The minimum Gasteiger partial charge on any atom is -0.429 e. The predicted molar refractivity (Wildman–Crippen MR) is 145 cm³/mol. The standard InChI is InChI=1S/C33H24F8O3/c1-3-4-17-7-18-5-6-19(9-20(18)8-17)32(42)43-22-12-26(36)30(27(37)13-22)21-10-28(38)31(29(39)11-21)33(40,41)44-23-14-24(34)16(2)25(35)15-23/h5-6,9-15,17H,3-4,7-8H2,1-2H3.